The van der Waals surface area contributed by atoms with E-state index < -0.39 is 0 Å². The summed E-state index contributed by atoms with van der Waals surface area (Å²) in [7, 11) is 0. The van der Waals surface area contributed by atoms with Gasteiger partial charge >= 0.3 is 0 Å². The lowest BCUT2D eigenvalue weighted by Crippen LogP contribution is -2.48. The molecule has 0 bridgehead atoms. The van der Waals surface area contributed by atoms with E-state index in [1.165, 1.54) is 18.9 Å². The monoisotopic (exact) mass is 264 g/mol. The van der Waals surface area contributed by atoms with E-state index in [1.54, 1.807) is 18.2 Å². The third kappa shape index (κ3) is 4.03. The summed E-state index contributed by atoms with van der Waals surface area (Å²) in [6.07, 6.45) is 2.50. The Balaban J connectivity index is 1.80. The molecule has 0 saturated carbocycles. The fraction of sp³-hybridized carbons (Fsp3) is 0.533. The van der Waals surface area contributed by atoms with E-state index in [0.29, 0.717) is 24.1 Å². The standard InChI is InChI=1S/C15H21FN2O/c1-11-5-4-8-17-14(11)10-18-15(19)9-12-6-2-3-7-13(12)16/h2-3,6-7,11,14,17H,4-5,8-10H2,1H3,(H,18,19). The summed E-state index contributed by atoms with van der Waals surface area (Å²) in [4.78, 5) is 11.8. The number of amides is 1. The Bertz CT molecular complexity index is 436. The molecule has 1 aliphatic rings. The second kappa shape index (κ2) is 6.66. The van der Waals surface area contributed by atoms with Crippen molar-refractivity contribution in [1.29, 1.82) is 0 Å². The summed E-state index contributed by atoms with van der Waals surface area (Å²) in [6.45, 7) is 3.83. The van der Waals surface area contributed by atoms with Crippen LogP contribution >= 0.6 is 0 Å². The molecule has 1 aliphatic heterocycles. The average molecular weight is 264 g/mol. The minimum Gasteiger partial charge on any atom is -0.354 e. The van der Waals surface area contributed by atoms with Gasteiger partial charge in [-0.3, -0.25) is 4.79 Å². The Hall–Kier alpha value is -1.42. The second-order valence-corrected chi connectivity index (χ2v) is 5.25. The Kier molecular flexibility index (Phi) is 4.91. The van der Waals surface area contributed by atoms with Crippen molar-refractivity contribution < 1.29 is 9.18 Å². The molecule has 0 spiro atoms. The van der Waals surface area contributed by atoms with Crippen molar-refractivity contribution in [2.45, 2.75) is 32.2 Å². The van der Waals surface area contributed by atoms with E-state index in [4.69, 9.17) is 0 Å². The molecule has 2 N–H and O–H groups in total. The van der Waals surface area contributed by atoms with Gasteiger partial charge in [-0.2, -0.15) is 0 Å². The molecule has 1 aromatic carbocycles. The van der Waals surface area contributed by atoms with Crippen LogP contribution in [-0.2, 0) is 11.2 Å². The summed E-state index contributed by atoms with van der Waals surface area (Å²) in [6, 6.07) is 6.74. The first-order chi connectivity index (χ1) is 9.16. The normalized spacial score (nSPS) is 23.1. The maximum absolute atomic E-state index is 13.4. The molecule has 1 amide bonds. The zero-order valence-electron chi connectivity index (χ0n) is 11.3. The molecule has 1 aromatic rings. The minimum absolute atomic E-state index is 0.105. The van der Waals surface area contributed by atoms with E-state index in [-0.39, 0.29) is 18.1 Å². The van der Waals surface area contributed by atoms with Crippen molar-refractivity contribution in [3.8, 4) is 0 Å². The lowest BCUT2D eigenvalue weighted by atomic mass is 9.93. The average Bonchev–Trinajstić information content (AvgIpc) is 2.40. The van der Waals surface area contributed by atoms with Gasteiger partial charge < -0.3 is 10.6 Å². The van der Waals surface area contributed by atoms with Crippen LogP contribution in [0.25, 0.3) is 0 Å². The summed E-state index contributed by atoms with van der Waals surface area (Å²) in [5.74, 6) is 0.133. The van der Waals surface area contributed by atoms with Gasteiger partial charge in [0.15, 0.2) is 0 Å². The third-order valence-corrected chi connectivity index (χ3v) is 3.76. The van der Waals surface area contributed by atoms with Crippen LogP contribution in [0.15, 0.2) is 24.3 Å². The van der Waals surface area contributed by atoms with Crippen LogP contribution in [0.5, 0.6) is 0 Å². The summed E-state index contributed by atoms with van der Waals surface area (Å²) in [5, 5.41) is 6.30. The fourth-order valence-electron chi connectivity index (χ4n) is 2.49. The van der Waals surface area contributed by atoms with Crippen LogP contribution in [0.1, 0.15) is 25.3 Å². The van der Waals surface area contributed by atoms with Crippen molar-refractivity contribution >= 4 is 5.91 Å². The van der Waals surface area contributed by atoms with Gasteiger partial charge in [0.25, 0.3) is 0 Å². The molecular formula is C15H21FN2O. The van der Waals surface area contributed by atoms with E-state index >= 15 is 0 Å². The number of rotatable bonds is 4. The van der Waals surface area contributed by atoms with Crippen LogP contribution < -0.4 is 10.6 Å². The van der Waals surface area contributed by atoms with Crippen molar-refractivity contribution in [2.75, 3.05) is 13.1 Å². The number of hydrogen-bond acceptors (Lipinski definition) is 2. The van der Waals surface area contributed by atoms with E-state index in [9.17, 15) is 9.18 Å². The molecule has 0 aromatic heterocycles. The Labute approximate surface area is 113 Å². The molecule has 1 fully saturated rings. The molecule has 3 nitrogen and oxygen atoms in total. The van der Waals surface area contributed by atoms with Gasteiger partial charge in [-0.15, -0.1) is 0 Å². The van der Waals surface area contributed by atoms with E-state index in [2.05, 4.69) is 17.6 Å². The van der Waals surface area contributed by atoms with Gasteiger partial charge in [0.05, 0.1) is 6.42 Å². The first-order valence-electron chi connectivity index (χ1n) is 6.90. The smallest absolute Gasteiger partial charge is 0.224 e. The number of halogens is 1. The highest BCUT2D eigenvalue weighted by Gasteiger charge is 2.21. The highest BCUT2D eigenvalue weighted by atomic mass is 19.1. The molecule has 104 valence electrons. The molecule has 2 unspecified atom stereocenters. The molecule has 2 atom stereocenters. The first kappa shape index (κ1) is 14.0. The minimum atomic E-state index is -0.318. The van der Waals surface area contributed by atoms with Gasteiger partial charge in [0, 0.05) is 12.6 Å². The molecular weight excluding hydrogens is 243 g/mol. The van der Waals surface area contributed by atoms with Crippen molar-refractivity contribution in [3.05, 3.63) is 35.6 Å². The number of nitrogens with one attached hydrogen (secondary N) is 2. The predicted molar refractivity (Wildman–Crippen MR) is 73.3 cm³/mol. The Morgan fingerprint density at radius 3 is 3.00 bits per heavy atom. The number of carbonyl (C=O) groups is 1. The SMILES string of the molecule is CC1CCCNC1CNC(=O)Cc1ccccc1F. The van der Waals surface area contributed by atoms with Gasteiger partial charge in [-0.1, -0.05) is 25.1 Å². The van der Waals surface area contributed by atoms with Crippen LogP contribution in [0.4, 0.5) is 4.39 Å². The first-order valence-corrected chi connectivity index (χ1v) is 6.90. The largest absolute Gasteiger partial charge is 0.354 e. The molecule has 0 radical (unpaired) electrons. The number of hydrogen-bond donors (Lipinski definition) is 2. The zero-order valence-corrected chi connectivity index (χ0v) is 11.3. The summed E-state index contributed by atoms with van der Waals surface area (Å²) < 4.78 is 13.4. The fourth-order valence-corrected chi connectivity index (χ4v) is 2.49. The lowest BCUT2D eigenvalue weighted by molar-refractivity contribution is -0.120. The summed E-state index contributed by atoms with van der Waals surface area (Å²) >= 11 is 0. The van der Waals surface area contributed by atoms with Crippen LogP contribution in [0, 0.1) is 11.7 Å². The highest BCUT2D eigenvalue weighted by Crippen LogP contribution is 2.14. The topological polar surface area (TPSA) is 41.1 Å². The van der Waals surface area contributed by atoms with Crippen LogP contribution in [0.2, 0.25) is 0 Å². The predicted octanol–water partition coefficient (Wildman–Crippen LogP) is 1.87. The van der Waals surface area contributed by atoms with E-state index in [0.717, 1.165) is 6.54 Å². The van der Waals surface area contributed by atoms with Crippen molar-refractivity contribution in [1.82, 2.24) is 10.6 Å². The molecule has 1 heterocycles. The van der Waals surface area contributed by atoms with Crippen molar-refractivity contribution in [3.63, 3.8) is 0 Å². The van der Waals surface area contributed by atoms with Crippen molar-refractivity contribution in [2.24, 2.45) is 5.92 Å². The Morgan fingerprint density at radius 2 is 2.26 bits per heavy atom. The number of piperidine rings is 1. The van der Waals surface area contributed by atoms with Gasteiger partial charge in [0.2, 0.25) is 5.91 Å². The quantitative estimate of drug-likeness (QED) is 0.871. The third-order valence-electron chi connectivity index (χ3n) is 3.76. The van der Waals surface area contributed by atoms with Crippen LogP contribution in [-0.4, -0.2) is 25.0 Å². The second-order valence-electron chi connectivity index (χ2n) is 5.25. The molecule has 4 heteroatoms. The molecule has 1 saturated heterocycles. The zero-order chi connectivity index (χ0) is 13.7. The molecule has 0 aliphatic carbocycles. The number of benzene rings is 1. The van der Waals surface area contributed by atoms with Gasteiger partial charge in [-0.05, 0) is 36.9 Å². The van der Waals surface area contributed by atoms with Gasteiger partial charge in [-0.25, -0.2) is 4.39 Å². The lowest BCUT2D eigenvalue weighted by Gasteiger charge is -2.30. The van der Waals surface area contributed by atoms with E-state index in [1.807, 2.05) is 0 Å². The maximum Gasteiger partial charge on any atom is 0.224 e. The highest BCUT2D eigenvalue weighted by molar-refractivity contribution is 5.78. The van der Waals surface area contributed by atoms with Crippen LogP contribution in [0.3, 0.4) is 0 Å². The summed E-state index contributed by atoms with van der Waals surface area (Å²) in [5.41, 5.74) is 0.449. The molecule has 2 rings (SSSR count). The molecule has 19 heavy (non-hydrogen) atoms. The maximum atomic E-state index is 13.4. The van der Waals surface area contributed by atoms with Gasteiger partial charge in [0.1, 0.15) is 5.82 Å². The number of carbonyl (C=O) groups excluding carboxylic acids is 1. The Morgan fingerprint density at radius 1 is 1.47 bits per heavy atom.